The van der Waals surface area contributed by atoms with Crippen LogP contribution in [0.2, 0.25) is 0 Å². The summed E-state index contributed by atoms with van der Waals surface area (Å²) in [6.45, 7) is 0. The minimum atomic E-state index is -4.45. The van der Waals surface area contributed by atoms with Crippen molar-refractivity contribution in [3.05, 3.63) is 66.4 Å². The number of para-hydroxylation sites is 1. The van der Waals surface area contributed by atoms with Gasteiger partial charge in [0.2, 0.25) is 5.95 Å². The van der Waals surface area contributed by atoms with Crippen LogP contribution in [0.1, 0.15) is 5.56 Å². The lowest BCUT2D eigenvalue weighted by Crippen LogP contribution is -2.12. The van der Waals surface area contributed by atoms with E-state index in [1.54, 1.807) is 31.4 Å². The standard InChI is InChI=1S/C20H16F3N5OS/c1-25-18-10-16(26-19(24)27-18)15-11-28(17-5-3-2-4-14(15)17)30(29)13-8-6-12(7-9-13)20(21,22)23/h2-11H,1H3,(H3,24,25,26,27). The molecule has 3 N–H and O–H groups in total. The molecule has 10 heteroatoms. The molecule has 30 heavy (non-hydrogen) atoms. The Labute approximate surface area is 172 Å². The molecule has 0 amide bonds. The maximum absolute atomic E-state index is 13.2. The maximum atomic E-state index is 13.2. The fourth-order valence-corrected chi connectivity index (χ4v) is 4.23. The molecule has 0 radical (unpaired) electrons. The molecular formula is C20H16F3N5OS. The largest absolute Gasteiger partial charge is 0.587 e. The Kier molecular flexibility index (Phi) is 5.04. The number of nitrogens with zero attached hydrogens (tertiary/aromatic N) is 3. The summed E-state index contributed by atoms with van der Waals surface area (Å²) in [6.07, 6.45) is -2.80. The first kappa shape index (κ1) is 20.0. The Bertz CT molecular complexity index is 1210. The van der Waals surface area contributed by atoms with Crippen molar-refractivity contribution in [1.29, 1.82) is 0 Å². The molecule has 1 atom stereocenters. The van der Waals surface area contributed by atoms with E-state index in [0.717, 1.165) is 17.5 Å². The third-order valence-corrected chi connectivity index (χ3v) is 5.85. The summed E-state index contributed by atoms with van der Waals surface area (Å²) >= 11 is -1.76. The minimum absolute atomic E-state index is 0.0811. The van der Waals surface area contributed by atoms with Gasteiger partial charge >= 0.3 is 6.18 Å². The molecule has 4 aromatic rings. The number of benzene rings is 2. The summed E-state index contributed by atoms with van der Waals surface area (Å²) in [5, 5.41) is 3.68. The predicted molar refractivity (Wildman–Crippen MR) is 110 cm³/mol. The number of fused-ring (bicyclic) bond motifs is 1. The van der Waals surface area contributed by atoms with Crippen LogP contribution in [0.3, 0.4) is 0 Å². The van der Waals surface area contributed by atoms with Gasteiger partial charge in [-0.1, -0.05) is 18.2 Å². The van der Waals surface area contributed by atoms with Gasteiger partial charge in [-0.05, 0) is 30.3 Å². The number of rotatable bonds is 4. The fraction of sp³-hybridized carbons (Fsp3) is 0.100. The summed E-state index contributed by atoms with van der Waals surface area (Å²) in [5.41, 5.74) is 6.87. The highest BCUT2D eigenvalue weighted by Crippen LogP contribution is 2.34. The molecule has 0 bridgehead atoms. The average Bonchev–Trinajstić information content (AvgIpc) is 3.12. The zero-order chi connectivity index (χ0) is 21.5. The first-order valence-corrected chi connectivity index (χ1v) is 9.91. The highest BCUT2D eigenvalue weighted by Gasteiger charge is 2.31. The quantitative estimate of drug-likeness (QED) is 0.470. The number of aromatic nitrogens is 3. The van der Waals surface area contributed by atoms with Crippen molar-refractivity contribution in [3.63, 3.8) is 0 Å². The molecule has 154 valence electrons. The second kappa shape index (κ2) is 7.54. The third kappa shape index (κ3) is 3.66. The average molecular weight is 431 g/mol. The number of alkyl halides is 3. The number of hydrogen-bond donors (Lipinski definition) is 2. The normalized spacial score (nSPS) is 12.8. The minimum Gasteiger partial charge on any atom is -0.587 e. The first-order valence-electron chi connectivity index (χ1n) is 8.80. The Hall–Kier alpha value is -3.24. The van der Waals surface area contributed by atoms with E-state index in [9.17, 15) is 17.7 Å². The lowest BCUT2D eigenvalue weighted by atomic mass is 10.1. The van der Waals surface area contributed by atoms with E-state index in [4.69, 9.17) is 5.73 Å². The maximum Gasteiger partial charge on any atom is 0.416 e. The summed E-state index contributed by atoms with van der Waals surface area (Å²) in [4.78, 5) is 8.59. The number of anilines is 2. The van der Waals surface area contributed by atoms with Crippen LogP contribution in [0.5, 0.6) is 0 Å². The lowest BCUT2D eigenvalue weighted by Gasteiger charge is -2.12. The molecule has 0 fully saturated rings. The fourth-order valence-electron chi connectivity index (χ4n) is 3.10. The number of nitrogen functional groups attached to an aromatic ring is 1. The van der Waals surface area contributed by atoms with Gasteiger partial charge in [0.25, 0.3) is 0 Å². The van der Waals surface area contributed by atoms with E-state index < -0.39 is 23.1 Å². The van der Waals surface area contributed by atoms with Crippen molar-refractivity contribution in [2.45, 2.75) is 11.1 Å². The molecule has 0 saturated heterocycles. The SMILES string of the molecule is CNc1cc(-c2cn([S+]([O-])c3ccc(C(F)(F)F)cc3)c3ccccc23)nc(N)n1. The molecule has 2 aromatic carbocycles. The number of nitrogens with one attached hydrogen (secondary N) is 1. The molecule has 2 aromatic heterocycles. The molecule has 0 aliphatic rings. The zero-order valence-corrected chi connectivity index (χ0v) is 16.5. The Balaban J connectivity index is 1.82. The second-order valence-electron chi connectivity index (χ2n) is 6.40. The Morgan fingerprint density at radius 2 is 1.77 bits per heavy atom. The van der Waals surface area contributed by atoms with Crippen molar-refractivity contribution in [1.82, 2.24) is 13.9 Å². The molecule has 6 nitrogen and oxygen atoms in total. The number of halogens is 3. The van der Waals surface area contributed by atoms with Gasteiger partial charge in [-0.3, -0.25) is 0 Å². The topological polar surface area (TPSA) is 91.8 Å². The van der Waals surface area contributed by atoms with Crippen molar-refractivity contribution in [2.24, 2.45) is 0 Å². The molecule has 0 aliphatic carbocycles. The molecular weight excluding hydrogens is 415 g/mol. The van der Waals surface area contributed by atoms with Crippen molar-refractivity contribution < 1.29 is 17.7 Å². The predicted octanol–water partition coefficient (Wildman–Crippen LogP) is 4.31. The monoisotopic (exact) mass is 431 g/mol. The van der Waals surface area contributed by atoms with E-state index in [1.807, 2.05) is 12.1 Å². The molecule has 0 saturated carbocycles. The van der Waals surface area contributed by atoms with Gasteiger partial charge < -0.3 is 15.6 Å². The van der Waals surface area contributed by atoms with E-state index in [0.29, 0.717) is 22.6 Å². The van der Waals surface area contributed by atoms with Gasteiger partial charge in [0, 0.05) is 24.1 Å². The van der Waals surface area contributed by atoms with Gasteiger partial charge in [-0.25, -0.2) is 4.98 Å². The molecule has 0 spiro atoms. The Morgan fingerprint density at radius 1 is 1.07 bits per heavy atom. The molecule has 4 rings (SSSR count). The van der Waals surface area contributed by atoms with E-state index in [2.05, 4.69) is 15.3 Å². The van der Waals surface area contributed by atoms with Crippen LogP contribution in [0.15, 0.2) is 65.7 Å². The summed E-state index contributed by atoms with van der Waals surface area (Å²) in [5.74, 6) is 0.607. The number of nitrogens with two attached hydrogens (primary N) is 1. The Morgan fingerprint density at radius 3 is 2.43 bits per heavy atom. The van der Waals surface area contributed by atoms with Gasteiger partial charge in [-0.2, -0.15) is 22.1 Å². The van der Waals surface area contributed by atoms with E-state index >= 15 is 0 Å². The van der Waals surface area contributed by atoms with Gasteiger partial charge in [0.15, 0.2) is 4.90 Å². The number of hydrogen-bond acceptors (Lipinski definition) is 5. The van der Waals surface area contributed by atoms with Gasteiger partial charge in [-0.15, -0.1) is 0 Å². The summed E-state index contributed by atoms with van der Waals surface area (Å²) in [6, 6.07) is 13.2. The highest BCUT2D eigenvalue weighted by molar-refractivity contribution is 7.90. The summed E-state index contributed by atoms with van der Waals surface area (Å²) in [7, 11) is 1.70. The van der Waals surface area contributed by atoms with Crippen molar-refractivity contribution >= 4 is 34.0 Å². The van der Waals surface area contributed by atoms with Crippen LogP contribution in [-0.4, -0.2) is 25.5 Å². The van der Waals surface area contributed by atoms with Crippen LogP contribution in [0, 0.1) is 0 Å². The van der Waals surface area contributed by atoms with Crippen molar-refractivity contribution in [2.75, 3.05) is 18.1 Å². The van der Waals surface area contributed by atoms with Crippen molar-refractivity contribution in [3.8, 4) is 11.3 Å². The molecule has 2 heterocycles. The molecule has 1 unspecified atom stereocenters. The lowest BCUT2D eigenvalue weighted by molar-refractivity contribution is -0.137. The van der Waals surface area contributed by atoms with Crippen LogP contribution in [0.4, 0.5) is 24.9 Å². The van der Waals surface area contributed by atoms with E-state index in [1.165, 1.54) is 16.1 Å². The van der Waals surface area contributed by atoms with Crippen LogP contribution in [0.25, 0.3) is 22.2 Å². The van der Waals surface area contributed by atoms with Crippen LogP contribution in [-0.2, 0) is 17.5 Å². The van der Waals surface area contributed by atoms with E-state index in [-0.39, 0.29) is 10.8 Å². The third-order valence-electron chi connectivity index (χ3n) is 4.52. The van der Waals surface area contributed by atoms with Gasteiger partial charge in [0.05, 0.1) is 23.0 Å². The van der Waals surface area contributed by atoms with Crippen LogP contribution >= 0.6 is 0 Å². The summed E-state index contributed by atoms with van der Waals surface area (Å²) < 4.78 is 53.2. The highest BCUT2D eigenvalue weighted by atomic mass is 32.2. The smallest absolute Gasteiger partial charge is 0.416 e. The van der Waals surface area contributed by atoms with Crippen LogP contribution < -0.4 is 11.1 Å². The molecule has 0 aliphatic heterocycles. The zero-order valence-electron chi connectivity index (χ0n) is 15.6. The van der Waals surface area contributed by atoms with Gasteiger partial charge in [0.1, 0.15) is 17.2 Å². The first-order chi connectivity index (χ1) is 14.3. The second-order valence-corrected chi connectivity index (χ2v) is 7.77.